The zero-order chi connectivity index (χ0) is 19.3. The number of rotatable bonds is 6. The smallest absolute Gasteiger partial charge is 0.340 e. The van der Waals surface area contributed by atoms with Crippen molar-refractivity contribution in [2.75, 3.05) is 5.32 Å². The van der Waals surface area contributed by atoms with Crippen LogP contribution < -0.4 is 5.32 Å². The van der Waals surface area contributed by atoms with Crippen molar-refractivity contribution >= 4 is 17.6 Å². The van der Waals surface area contributed by atoms with Gasteiger partial charge in [0.1, 0.15) is 0 Å². The quantitative estimate of drug-likeness (QED) is 0.505. The van der Waals surface area contributed by atoms with E-state index >= 15 is 0 Å². The molecule has 4 rings (SSSR count). The number of aromatic nitrogens is 2. The molecule has 0 radical (unpaired) electrons. The number of nitrogens with zero attached hydrogens (tertiary/aromatic N) is 2. The molecule has 0 unspecified atom stereocenters. The summed E-state index contributed by atoms with van der Waals surface area (Å²) in [5.74, 6) is -0.312. The molecule has 3 aromatic heterocycles. The van der Waals surface area contributed by atoms with Crippen molar-refractivity contribution in [3.8, 4) is 11.7 Å². The van der Waals surface area contributed by atoms with E-state index in [1.165, 1.54) is 24.7 Å². The van der Waals surface area contributed by atoms with Crippen molar-refractivity contribution in [2.24, 2.45) is 0 Å². The van der Waals surface area contributed by atoms with Crippen molar-refractivity contribution in [2.45, 2.75) is 6.61 Å². The highest BCUT2D eigenvalue weighted by Gasteiger charge is 2.18. The molecule has 1 amide bonds. The summed E-state index contributed by atoms with van der Waals surface area (Å²) >= 11 is 0. The molecule has 0 saturated carbocycles. The summed E-state index contributed by atoms with van der Waals surface area (Å²) in [6, 6.07) is 12.9. The molecule has 1 N–H and O–H groups in total. The van der Waals surface area contributed by atoms with Crippen molar-refractivity contribution in [3.63, 3.8) is 0 Å². The molecule has 9 heteroatoms. The van der Waals surface area contributed by atoms with Crippen LogP contribution in [0.5, 0.6) is 0 Å². The highest BCUT2D eigenvalue weighted by molar-refractivity contribution is 6.06. The number of para-hydroxylation sites is 1. The van der Waals surface area contributed by atoms with Crippen molar-refractivity contribution in [3.05, 3.63) is 78.3 Å². The first-order valence-electron chi connectivity index (χ1n) is 8.18. The Labute approximate surface area is 157 Å². The van der Waals surface area contributed by atoms with Crippen molar-refractivity contribution in [1.82, 2.24) is 10.2 Å². The summed E-state index contributed by atoms with van der Waals surface area (Å²) in [6.45, 7) is -0.229. The van der Waals surface area contributed by atoms with E-state index < -0.39 is 11.9 Å². The summed E-state index contributed by atoms with van der Waals surface area (Å²) < 4.78 is 20.8. The largest absolute Gasteiger partial charge is 0.459 e. The van der Waals surface area contributed by atoms with Gasteiger partial charge in [-0.2, -0.15) is 0 Å². The van der Waals surface area contributed by atoms with E-state index in [1.807, 2.05) is 0 Å². The first-order chi connectivity index (χ1) is 13.7. The Kier molecular flexibility index (Phi) is 4.70. The predicted octanol–water partition coefficient (Wildman–Crippen LogP) is 3.53. The lowest BCUT2D eigenvalue weighted by atomic mass is 10.1. The molecular formula is C19H13N3O6. The molecule has 0 saturated heterocycles. The van der Waals surface area contributed by atoms with Gasteiger partial charge in [0, 0.05) is 0 Å². The van der Waals surface area contributed by atoms with E-state index in [1.54, 1.807) is 36.4 Å². The van der Waals surface area contributed by atoms with Gasteiger partial charge in [0.15, 0.2) is 18.1 Å². The number of ether oxygens (including phenoxy) is 1. The number of hydrogen-bond donors (Lipinski definition) is 1. The second kappa shape index (κ2) is 7.62. The van der Waals surface area contributed by atoms with Crippen LogP contribution >= 0.6 is 0 Å². The minimum Gasteiger partial charge on any atom is -0.459 e. The van der Waals surface area contributed by atoms with Crippen LogP contribution in [0.15, 0.2) is 74.3 Å². The van der Waals surface area contributed by atoms with E-state index in [2.05, 4.69) is 15.5 Å². The molecule has 0 fully saturated rings. The molecule has 0 spiro atoms. The number of carbonyl (C=O) groups excluding carboxylic acids is 2. The summed E-state index contributed by atoms with van der Waals surface area (Å²) in [6.07, 6.45) is 2.86. The molecule has 1 aromatic carbocycles. The Morgan fingerprint density at radius 3 is 2.57 bits per heavy atom. The highest BCUT2D eigenvalue weighted by Crippen LogP contribution is 2.20. The minimum atomic E-state index is -0.659. The monoisotopic (exact) mass is 379 g/mol. The van der Waals surface area contributed by atoms with Gasteiger partial charge in [0.05, 0.1) is 23.8 Å². The number of anilines is 1. The number of hydrogen-bond acceptors (Lipinski definition) is 8. The lowest BCUT2D eigenvalue weighted by Gasteiger charge is -2.09. The number of benzene rings is 1. The average Bonchev–Trinajstić information content (AvgIpc) is 3.48. The van der Waals surface area contributed by atoms with Crippen LogP contribution in [-0.4, -0.2) is 22.1 Å². The Balaban J connectivity index is 1.43. The van der Waals surface area contributed by atoms with Crippen LogP contribution in [-0.2, 0) is 11.3 Å². The summed E-state index contributed by atoms with van der Waals surface area (Å²) in [7, 11) is 0. The number of furan rings is 2. The number of amides is 1. The lowest BCUT2D eigenvalue weighted by Crippen LogP contribution is -2.15. The van der Waals surface area contributed by atoms with Crippen LogP contribution in [0.3, 0.4) is 0 Å². The molecule has 3 heterocycles. The molecule has 0 bridgehead atoms. The minimum absolute atomic E-state index is 0.108. The van der Waals surface area contributed by atoms with Gasteiger partial charge >= 0.3 is 5.97 Å². The Morgan fingerprint density at radius 2 is 1.79 bits per heavy atom. The zero-order valence-electron chi connectivity index (χ0n) is 14.3. The fourth-order valence-corrected chi connectivity index (χ4v) is 2.38. The van der Waals surface area contributed by atoms with E-state index in [4.69, 9.17) is 18.0 Å². The maximum atomic E-state index is 12.4. The Hall–Kier alpha value is -4.14. The third kappa shape index (κ3) is 3.68. The fourth-order valence-electron chi connectivity index (χ4n) is 2.38. The molecule has 9 nitrogen and oxygen atoms in total. The van der Waals surface area contributed by atoms with E-state index in [-0.39, 0.29) is 35.4 Å². The molecule has 0 aliphatic carbocycles. The standard InChI is InChI=1S/C19H13N3O6/c23-17(14-7-3-9-25-14)20-13-6-2-1-5-12(13)19(24)27-11-16-21-22-18(28-16)15-8-4-10-26-15/h1-10H,11H2,(H,20,23). The summed E-state index contributed by atoms with van der Waals surface area (Å²) in [5.41, 5.74) is 0.462. The van der Waals surface area contributed by atoms with Crippen LogP contribution in [0, 0.1) is 0 Å². The Morgan fingerprint density at radius 1 is 0.964 bits per heavy atom. The fraction of sp³-hybridized carbons (Fsp3) is 0.0526. The molecule has 4 aromatic rings. The summed E-state index contributed by atoms with van der Waals surface area (Å²) in [5, 5.41) is 10.2. The second-order valence-electron chi connectivity index (χ2n) is 5.53. The van der Waals surface area contributed by atoms with Gasteiger partial charge in [-0.15, -0.1) is 10.2 Å². The maximum Gasteiger partial charge on any atom is 0.340 e. The van der Waals surface area contributed by atoms with Crippen LogP contribution in [0.1, 0.15) is 26.8 Å². The van der Waals surface area contributed by atoms with Crippen LogP contribution in [0.4, 0.5) is 5.69 Å². The zero-order valence-corrected chi connectivity index (χ0v) is 14.3. The summed E-state index contributed by atoms with van der Waals surface area (Å²) in [4.78, 5) is 24.6. The topological polar surface area (TPSA) is 121 Å². The second-order valence-corrected chi connectivity index (χ2v) is 5.53. The average molecular weight is 379 g/mol. The van der Waals surface area contributed by atoms with Gasteiger partial charge in [-0.25, -0.2) is 4.79 Å². The predicted molar refractivity (Wildman–Crippen MR) is 94.2 cm³/mol. The van der Waals surface area contributed by atoms with Gasteiger partial charge in [-0.1, -0.05) is 12.1 Å². The SMILES string of the molecule is O=C(Nc1ccccc1C(=O)OCc1nnc(-c2ccco2)o1)c1ccco1. The third-order valence-corrected chi connectivity index (χ3v) is 3.67. The van der Waals surface area contributed by atoms with E-state index in [0.717, 1.165) is 0 Å². The van der Waals surface area contributed by atoms with Gasteiger partial charge < -0.3 is 23.3 Å². The highest BCUT2D eigenvalue weighted by atomic mass is 16.5. The maximum absolute atomic E-state index is 12.4. The molecule has 0 atom stereocenters. The van der Waals surface area contributed by atoms with Crippen LogP contribution in [0.25, 0.3) is 11.7 Å². The van der Waals surface area contributed by atoms with Gasteiger partial charge in [0.25, 0.3) is 17.7 Å². The van der Waals surface area contributed by atoms with E-state index in [9.17, 15) is 9.59 Å². The first kappa shape index (κ1) is 17.3. The Bertz CT molecular complexity index is 1080. The first-order valence-corrected chi connectivity index (χ1v) is 8.18. The number of nitrogens with one attached hydrogen (secondary N) is 1. The van der Waals surface area contributed by atoms with Crippen molar-refractivity contribution in [1.29, 1.82) is 0 Å². The molecule has 0 aliphatic heterocycles. The normalized spacial score (nSPS) is 10.6. The molecule has 28 heavy (non-hydrogen) atoms. The number of esters is 1. The number of carbonyl (C=O) groups is 2. The van der Waals surface area contributed by atoms with E-state index in [0.29, 0.717) is 5.76 Å². The molecule has 0 aliphatic rings. The van der Waals surface area contributed by atoms with Gasteiger partial charge in [0.2, 0.25) is 0 Å². The van der Waals surface area contributed by atoms with Crippen molar-refractivity contribution < 1.29 is 27.6 Å². The third-order valence-electron chi connectivity index (χ3n) is 3.67. The van der Waals surface area contributed by atoms with Crippen LogP contribution in [0.2, 0.25) is 0 Å². The van der Waals surface area contributed by atoms with Gasteiger partial charge in [-0.3, -0.25) is 4.79 Å². The molecular weight excluding hydrogens is 366 g/mol. The van der Waals surface area contributed by atoms with Gasteiger partial charge in [-0.05, 0) is 36.4 Å². The molecule has 140 valence electrons. The lowest BCUT2D eigenvalue weighted by molar-refractivity contribution is 0.0440.